The van der Waals surface area contributed by atoms with Crippen LogP contribution in [0.5, 0.6) is 5.75 Å². The Balaban J connectivity index is 2.57. The minimum absolute atomic E-state index is 0.0256. The highest BCUT2D eigenvalue weighted by Crippen LogP contribution is 2.20. The molecule has 0 fully saturated rings. The van der Waals surface area contributed by atoms with Gasteiger partial charge < -0.3 is 25.8 Å². The Bertz CT molecular complexity index is 603. The van der Waals surface area contributed by atoms with E-state index in [9.17, 15) is 9.90 Å². The quantitative estimate of drug-likeness (QED) is 0.283. The second-order valence-electron chi connectivity index (χ2n) is 6.85. The van der Waals surface area contributed by atoms with E-state index in [1.54, 1.807) is 0 Å². The van der Waals surface area contributed by atoms with Crippen molar-refractivity contribution in [3.8, 4) is 5.75 Å². The largest absolute Gasteiger partial charge is 0.491 e. The van der Waals surface area contributed by atoms with E-state index in [2.05, 4.69) is 20.9 Å². The molecule has 0 saturated heterocycles. The topological polar surface area (TPSA) is 95.0 Å². The normalized spacial score (nSPS) is 12.8. The molecule has 1 aromatic rings. The van der Waals surface area contributed by atoms with Crippen LogP contribution in [0.25, 0.3) is 0 Å². The van der Waals surface area contributed by atoms with Crippen LogP contribution in [0.15, 0.2) is 29.3 Å². The number of hydrogen-bond donors (Lipinski definition) is 4. The van der Waals surface area contributed by atoms with E-state index in [4.69, 9.17) is 4.74 Å². The Labute approximate surface area is 162 Å². The third kappa shape index (κ3) is 9.28. The van der Waals surface area contributed by atoms with Crippen molar-refractivity contribution in [2.45, 2.75) is 46.8 Å². The number of aliphatic hydroxyl groups excluding tert-OH is 1. The predicted molar refractivity (Wildman–Crippen MR) is 109 cm³/mol. The summed E-state index contributed by atoms with van der Waals surface area (Å²) >= 11 is 0. The highest BCUT2D eigenvalue weighted by atomic mass is 16.5. The number of nitrogens with zero attached hydrogens (tertiary/aromatic N) is 1. The number of guanidine groups is 1. The Hall–Kier alpha value is -2.28. The van der Waals surface area contributed by atoms with Gasteiger partial charge in [0.05, 0.1) is 18.8 Å². The van der Waals surface area contributed by atoms with Gasteiger partial charge in [0.15, 0.2) is 5.96 Å². The molecule has 0 aliphatic rings. The van der Waals surface area contributed by atoms with Gasteiger partial charge in [-0.3, -0.25) is 9.79 Å². The SMILES string of the molecule is CCNC(=NCC(O)c1cccc(OC(C)C)c1)NCCNC(=O)C(C)C. The summed E-state index contributed by atoms with van der Waals surface area (Å²) in [5.74, 6) is 1.33. The fraction of sp³-hybridized carbons (Fsp3) is 0.600. The molecule has 7 nitrogen and oxygen atoms in total. The van der Waals surface area contributed by atoms with Gasteiger partial charge in [-0.25, -0.2) is 0 Å². The van der Waals surface area contributed by atoms with Gasteiger partial charge in [-0.05, 0) is 38.5 Å². The van der Waals surface area contributed by atoms with E-state index in [0.717, 1.165) is 11.3 Å². The monoisotopic (exact) mass is 378 g/mol. The van der Waals surface area contributed by atoms with Crippen molar-refractivity contribution in [2.24, 2.45) is 10.9 Å². The second kappa shape index (κ2) is 12.2. The Kier molecular flexibility index (Phi) is 10.3. The first kappa shape index (κ1) is 22.8. The van der Waals surface area contributed by atoms with Crippen LogP contribution >= 0.6 is 0 Å². The average Bonchev–Trinajstić information content (AvgIpc) is 2.62. The summed E-state index contributed by atoms with van der Waals surface area (Å²) in [6, 6.07) is 7.43. The minimum atomic E-state index is -0.725. The molecule has 0 aliphatic heterocycles. The van der Waals surface area contributed by atoms with Crippen molar-refractivity contribution in [2.75, 3.05) is 26.2 Å². The van der Waals surface area contributed by atoms with Crippen LogP contribution in [0.3, 0.4) is 0 Å². The standard InChI is InChI=1S/C20H34N4O3/c1-6-21-20(23-11-10-22-19(26)14(2)3)24-13-18(25)16-8-7-9-17(12-16)27-15(4)5/h7-9,12,14-15,18,25H,6,10-11,13H2,1-5H3,(H,22,26)(H2,21,23,24). The number of hydrogen-bond acceptors (Lipinski definition) is 4. The van der Waals surface area contributed by atoms with Gasteiger partial charge in [0.2, 0.25) is 5.91 Å². The summed E-state index contributed by atoms with van der Waals surface area (Å²) in [5.41, 5.74) is 0.761. The molecule has 0 aromatic heterocycles. The highest BCUT2D eigenvalue weighted by Gasteiger charge is 2.10. The first-order chi connectivity index (χ1) is 12.8. The zero-order valence-corrected chi connectivity index (χ0v) is 17.1. The molecule has 1 atom stereocenters. The molecule has 152 valence electrons. The predicted octanol–water partition coefficient (Wildman–Crippen LogP) is 1.83. The van der Waals surface area contributed by atoms with E-state index in [1.807, 2.05) is 58.9 Å². The molecule has 0 heterocycles. The van der Waals surface area contributed by atoms with Crippen molar-refractivity contribution >= 4 is 11.9 Å². The summed E-state index contributed by atoms with van der Waals surface area (Å²) < 4.78 is 5.66. The lowest BCUT2D eigenvalue weighted by Crippen LogP contribution is -2.42. The van der Waals surface area contributed by atoms with Crippen LogP contribution in [0.4, 0.5) is 0 Å². The van der Waals surface area contributed by atoms with Crippen molar-refractivity contribution in [3.05, 3.63) is 29.8 Å². The second-order valence-corrected chi connectivity index (χ2v) is 6.85. The van der Waals surface area contributed by atoms with Crippen LogP contribution < -0.4 is 20.7 Å². The first-order valence-corrected chi connectivity index (χ1v) is 9.58. The zero-order valence-electron chi connectivity index (χ0n) is 17.1. The maximum atomic E-state index is 11.6. The lowest BCUT2D eigenvalue weighted by molar-refractivity contribution is -0.123. The van der Waals surface area contributed by atoms with Crippen molar-refractivity contribution in [3.63, 3.8) is 0 Å². The van der Waals surface area contributed by atoms with Crippen LogP contribution in [0, 0.1) is 5.92 Å². The van der Waals surface area contributed by atoms with Gasteiger partial charge in [-0.1, -0.05) is 26.0 Å². The molecule has 7 heteroatoms. The number of rotatable bonds is 10. The van der Waals surface area contributed by atoms with Gasteiger partial charge in [-0.15, -0.1) is 0 Å². The van der Waals surface area contributed by atoms with Crippen molar-refractivity contribution in [1.82, 2.24) is 16.0 Å². The van der Waals surface area contributed by atoms with E-state index >= 15 is 0 Å². The molecule has 1 unspecified atom stereocenters. The number of nitrogens with one attached hydrogen (secondary N) is 3. The maximum Gasteiger partial charge on any atom is 0.222 e. The number of carbonyl (C=O) groups excluding carboxylic acids is 1. The molecule has 1 amide bonds. The summed E-state index contributed by atoms with van der Waals surface area (Å²) in [6.45, 7) is 11.6. The molecule has 0 saturated carbocycles. The number of benzene rings is 1. The molecule has 1 rings (SSSR count). The van der Waals surface area contributed by atoms with Gasteiger partial charge in [0.1, 0.15) is 5.75 Å². The molecule has 0 radical (unpaired) electrons. The molecule has 0 spiro atoms. The maximum absolute atomic E-state index is 11.6. The van der Waals surface area contributed by atoms with Gasteiger partial charge in [0, 0.05) is 25.6 Å². The number of ether oxygens (including phenoxy) is 1. The average molecular weight is 379 g/mol. The van der Waals surface area contributed by atoms with Gasteiger partial charge in [0.25, 0.3) is 0 Å². The molecular formula is C20H34N4O3. The number of aliphatic imine (C=N–C) groups is 1. The lowest BCUT2D eigenvalue weighted by Gasteiger charge is -2.15. The number of amides is 1. The summed E-state index contributed by atoms with van der Waals surface area (Å²) in [6.07, 6.45) is -0.645. The van der Waals surface area contributed by atoms with E-state index in [1.165, 1.54) is 0 Å². The minimum Gasteiger partial charge on any atom is -0.491 e. The lowest BCUT2D eigenvalue weighted by atomic mass is 10.1. The molecule has 0 bridgehead atoms. The van der Waals surface area contributed by atoms with Crippen molar-refractivity contribution in [1.29, 1.82) is 0 Å². The third-order valence-electron chi connectivity index (χ3n) is 3.62. The summed E-state index contributed by atoms with van der Waals surface area (Å²) in [7, 11) is 0. The summed E-state index contributed by atoms with van der Waals surface area (Å²) in [4.78, 5) is 16.0. The van der Waals surface area contributed by atoms with E-state index in [-0.39, 0.29) is 24.5 Å². The molecule has 0 aliphatic carbocycles. The number of aliphatic hydroxyl groups is 1. The highest BCUT2D eigenvalue weighted by molar-refractivity contribution is 5.80. The summed E-state index contributed by atoms with van der Waals surface area (Å²) in [5, 5.41) is 19.5. The van der Waals surface area contributed by atoms with Crippen LogP contribution in [0.2, 0.25) is 0 Å². The Morgan fingerprint density at radius 3 is 2.48 bits per heavy atom. The van der Waals surface area contributed by atoms with Crippen LogP contribution in [-0.2, 0) is 4.79 Å². The van der Waals surface area contributed by atoms with E-state index < -0.39 is 6.10 Å². The fourth-order valence-corrected chi connectivity index (χ4v) is 2.26. The van der Waals surface area contributed by atoms with Gasteiger partial charge >= 0.3 is 0 Å². The van der Waals surface area contributed by atoms with E-state index in [0.29, 0.717) is 25.6 Å². The van der Waals surface area contributed by atoms with Crippen LogP contribution in [-0.4, -0.2) is 49.3 Å². The third-order valence-corrected chi connectivity index (χ3v) is 3.62. The molecule has 27 heavy (non-hydrogen) atoms. The van der Waals surface area contributed by atoms with Crippen molar-refractivity contribution < 1.29 is 14.6 Å². The molecule has 1 aromatic carbocycles. The van der Waals surface area contributed by atoms with Crippen LogP contribution in [0.1, 0.15) is 46.3 Å². The smallest absolute Gasteiger partial charge is 0.222 e. The molecular weight excluding hydrogens is 344 g/mol. The Morgan fingerprint density at radius 2 is 1.85 bits per heavy atom. The number of carbonyl (C=O) groups is 1. The first-order valence-electron chi connectivity index (χ1n) is 9.58. The Morgan fingerprint density at radius 1 is 1.15 bits per heavy atom. The fourth-order valence-electron chi connectivity index (χ4n) is 2.26. The van der Waals surface area contributed by atoms with Gasteiger partial charge in [-0.2, -0.15) is 0 Å². The molecule has 4 N–H and O–H groups in total. The zero-order chi connectivity index (χ0) is 20.2.